The van der Waals surface area contributed by atoms with Gasteiger partial charge in [-0.25, -0.2) is 4.79 Å². The molecule has 0 aromatic rings. The van der Waals surface area contributed by atoms with Crippen molar-refractivity contribution in [1.29, 1.82) is 0 Å². The number of carbonyl (C=O) groups excluding carboxylic acids is 3. The van der Waals surface area contributed by atoms with Gasteiger partial charge in [-0.15, -0.1) is 0 Å². The zero-order valence-electron chi connectivity index (χ0n) is 48.6. The molecule has 1 aliphatic rings. The average Bonchev–Trinajstić information content (AvgIpc) is 3.39. The van der Waals surface area contributed by atoms with Crippen molar-refractivity contribution in [2.45, 2.75) is 353 Å². The summed E-state index contributed by atoms with van der Waals surface area (Å²) in [6.45, 7) is 6.02. The maximum Gasteiger partial charge on any atom is 0.335 e. The Morgan fingerprint density at radius 3 is 1.15 bits per heavy atom. The van der Waals surface area contributed by atoms with E-state index in [1.807, 2.05) is 0 Å². The lowest BCUT2D eigenvalue weighted by molar-refractivity contribution is -0.301. The number of unbranched alkanes of at least 4 members (excludes halogenated alkanes) is 39. The van der Waals surface area contributed by atoms with Crippen LogP contribution < -0.4 is 0 Å². The Bertz CT molecular complexity index is 1360. The van der Waals surface area contributed by atoms with Crippen molar-refractivity contribution in [3.05, 3.63) is 12.2 Å². The Morgan fingerprint density at radius 2 is 0.760 bits per heavy atom. The lowest BCUT2D eigenvalue weighted by Crippen LogP contribution is -2.61. The molecule has 440 valence electrons. The number of carboxylic acids is 1. The lowest BCUT2D eigenvalue weighted by atomic mass is 9.98. The summed E-state index contributed by atoms with van der Waals surface area (Å²) in [5, 5.41) is 31.5. The number of carboxylic acid groups (broad SMARTS) is 1. The number of hydrogen-bond donors (Lipinski definition) is 3. The van der Waals surface area contributed by atoms with Crippen LogP contribution in [0.2, 0.25) is 0 Å². The van der Waals surface area contributed by atoms with E-state index in [0.29, 0.717) is 19.3 Å². The summed E-state index contributed by atoms with van der Waals surface area (Å²) in [5.41, 5.74) is 0. The van der Waals surface area contributed by atoms with E-state index in [-0.39, 0.29) is 25.9 Å². The Labute approximate surface area is 458 Å². The smallest absolute Gasteiger partial charge is 0.335 e. The summed E-state index contributed by atoms with van der Waals surface area (Å²) in [5.74, 6) is -3.09. The minimum Gasteiger partial charge on any atom is -0.479 e. The summed E-state index contributed by atoms with van der Waals surface area (Å²) in [4.78, 5) is 51.2. The van der Waals surface area contributed by atoms with Gasteiger partial charge in [0.1, 0.15) is 18.8 Å². The van der Waals surface area contributed by atoms with Gasteiger partial charge in [-0.05, 0) is 44.9 Å². The van der Waals surface area contributed by atoms with Crippen molar-refractivity contribution < 1.29 is 58.2 Å². The molecule has 0 saturated carbocycles. The third-order valence-electron chi connectivity index (χ3n) is 14.8. The number of allylic oxidation sites excluding steroid dienone is 2. The monoisotopic (exact) mass is 1060 g/mol. The van der Waals surface area contributed by atoms with Gasteiger partial charge >= 0.3 is 23.9 Å². The zero-order chi connectivity index (χ0) is 54.7. The number of aliphatic carboxylic acids is 1. The summed E-state index contributed by atoms with van der Waals surface area (Å²) in [7, 11) is 0. The predicted molar refractivity (Wildman–Crippen MR) is 304 cm³/mol. The number of esters is 3. The second-order valence-corrected chi connectivity index (χ2v) is 22.1. The number of ether oxygens (including phenoxy) is 5. The van der Waals surface area contributed by atoms with Gasteiger partial charge in [0.25, 0.3) is 0 Å². The summed E-state index contributed by atoms with van der Waals surface area (Å²) < 4.78 is 28.5. The van der Waals surface area contributed by atoms with Crippen LogP contribution in [0.3, 0.4) is 0 Å². The number of aliphatic hydroxyl groups excluding tert-OH is 2. The van der Waals surface area contributed by atoms with Gasteiger partial charge in [-0.1, -0.05) is 264 Å². The molecule has 0 spiro atoms. The van der Waals surface area contributed by atoms with Crippen molar-refractivity contribution in [1.82, 2.24) is 0 Å². The Morgan fingerprint density at radius 1 is 0.427 bits per heavy atom. The first kappa shape index (κ1) is 70.5. The van der Waals surface area contributed by atoms with Gasteiger partial charge in [0, 0.05) is 19.3 Å². The largest absolute Gasteiger partial charge is 0.479 e. The highest BCUT2D eigenvalue weighted by Crippen LogP contribution is 2.27. The number of aliphatic hydroxyl groups is 2. The molecule has 0 aromatic heterocycles. The third kappa shape index (κ3) is 42.1. The van der Waals surface area contributed by atoms with Crippen LogP contribution in [0.15, 0.2) is 12.2 Å². The highest BCUT2D eigenvalue weighted by atomic mass is 16.7. The quantitative estimate of drug-likeness (QED) is 0.0228. The van der Waals surface area contributed by atoms with Crippen LogP contribution in [0.1, 0.15) is 316 Å². The fraction of sp³-hybridized carbons (Fsp3) is 0.905. The first-order valence-corrected chi connectivity index (χ1v) is 31.7. The summed E-state index contributed by atoms with van der Waals surface area (Å²) >= 11 is 0. The molecule has 1 rings (SSSR count). The molecule has 6 atom stereocenters. The Hall–Kier alpha value is -2.54. The molecule has 12 heteroatoms. The molecule has 0 aromatic carbocycles. The predicted octanol–water partition coefficient (Wildman–Crippen LogP) is 16.5. The van der Waals surface area contributed by atoms with Crippen molar-refractivity contribution >= 4 is 23.9 Å². The van der Waals surface area contributed by atoms with Gasteiger partial charge in [-0.2, -0.15) is 0 Å². The van der Waals surface area contributed by atoms with Gasteiger partial charge in [-0.3, -0.25) is 14.4 Å². The molecule has 3 N–H and O–H groups in total. The zero-order valence-corrected chi connectivity index (χ0v) is 48.6. The van der Waals surface area contributed by atoms with Crippen molar-refractivity contribution in [3.63, 3.8) is 0 Å². The third-order valence-corrected chi connectivity index (χ3v) is 14.8. The fourth-order valence-electron chi connectivity index (χ4n) is 9.95. The van der Waals surface area contributed by atoms with Gasteiger partial charge in [0.05, 0.1) is 6.61 Å². The number of hydrogen-bond acceptors (Lipinski definition) is 11. The summed E-state index contributed by atoms with van der Waals surface area (Å²) in [6, 6.07) is 0. The minimum atomic E-state index is -1.90. The molecular weight excluding hydrogens is 949 g/mol. The van der Waals surface area contributed by atoms with Crippen LogP contribution in [-0.4, -0.2) is 89.2 Å². The fourth-order valence-corrected chi connectivity index (χ4v) is 9.95. The van der Waals surface area contributed by atoms with Crippen LogP contribution in [0.5, 0.6) is 0 Å². The van der Waals surface area contributed by atoms with E-state index < -0.39 is 67.3 Å². The SMILES string of the molecule is CCCCCC/C=C\CCCCCCCC(=O)OC(COC(=O)CCCCCCCCCCCCCCCCCCC)COC1OC(C(=O)O)C(O)C(O)C1OC(=O)CCCCCCCCCCCCCCCCC. The van der Waals surface area contributed by atoms with Crippen LogP contribution in [0.25, 0.3) is 0 Å². The lowest BCUT2D eigenvalue weighted by Gasteiger charge is -2.40. The molecule has 0 aliphatic carbocycles. The molecule has 1 fully saturated rings. The minimum absolute atomic E-state index is 0.0680. The molecular formula is C63H116O12. The first-order valence-electron chi connectivity index (χ1n) is 31.7. The molecule has 0 bridgehead atoms. The summed E-state index contributed by atoms with van der Waals surface area (Å²) in [6.07, 6.45) is 46.0. The maximum absolute atomic E-state index is 13.1. The molecule has 75 heavy (non-hydrogen) atoms. The van der Waals surface area contributed by atoms with Gasteiger partial charge in [0.15, 0.2) is 24.6 Å². The molecule has 1 heterocycles. The normalized spacial score (nSPS) is 18.1. The van der Waals surface area contributed by atoms with Crippen LogP contribution in [0.4, 0.5) is 0 Å². The Balaban J connectivity index is 2.64. The molecule has 0 radical (unpaired) electrons. The van der Waals surface area contributed by atoms with E-state index in [9.17, 15) is 34.5 Å². The van der Waals surface area contributed by atoms with Crippen molar-refractivity contribution in [2.24, 2.45) is 0 Å². The molecule has 1 aliphatic heterocycles. The number of carbonyl (C=O) groups is 4. The maximum atomic E-state index is 13.1. The first-order chi connectivity index (χ1) is 36.6. The average molecular weight is 1070 g/mol. The van der Waals surface area contributed by atoms with E-state index >= 15 is 0 Å². The highest BCUT2D eigenvalue weighted by Gasteiger charge is 2.50. The highest BCUT2D eigenvalue weighted by molar-refractivity contribution is 5.74. The number of rotatable bonds is 55. The second-order valence-electron chi connectivity index (χ2n) is 22.1. The van der Waals surface area contributed by atoms with Gasteiger partial charge in [0.2, 0.25) is 0 Å². The second kappa shape index (κ2) is 52.2. The molecule has 12 nitrogen and oxygen atoms in total. The van der Waals surface area contributed by atoms with Crippen molar-refractivity contribution in [3.8, 4) is 0 Å². The van der Waals surface area contributed by atoms with Gasteiger partial charge < -0.3 is 39.0 Å². The van der Waals surface area contributed by atoms with E-state index in [4.69, 9.17) is 23.7 Å². The van der Waals surface area contributed by atoms with Crippen LogP contribution >= 0.6 is 0 Å². The van der Waals surface area contributed by atoms with Crippen LogP contribution in [-0.2, 0) is 42.9 Å². The molecule has 1 saturated heterocycles. The van der Waals surface area contributed by atoms with Crippen molar-refractivity contribution in [2.75, 3.05) is 13.2 Å². The van der Waals surface area contributed by atoms with E-state index in [2.05, 4.69) is 32.9 Å². The molecule has 0 amide bonds. The Kier molecular flexibility index (Phi) is 49.0. The van der Waals surface area contributed by atoms with E-state index in [1.54, 1.807) is 0 Å². The van der Waals surface area contributed by atoms with E-state index in [0.717, 1.165) is 77.0 Å². The van der Waals surface area contributed by atoms with E-state index in [1.165, 1.54) is 180 Å². The standard InChI is InChI=1S/C63H116O12/c1-4-7-10-13-16-19-22-25-27-28-30-32-34-37-40-43-46-49-55(64)71-52-54(73-56(65)50-47-44-41-38-35-31-24-21-18-15-12-9-6-3)53-72-63-61(59(68)58(67)60(75-63)62(69)70)74-57(66)51-48-45-42-39-36-33-29-26-23-20-17-14-11-8-5-2/h21,24,54,58-61,63,67-68H,4-20,22-23,25-53H2,1-3H3,(H,69,70)/b24-21-. The molecule has 6 unspecified atom stereocenters. The van der Waals surface area contributed by atoms with Crippen LogP contribution in [0, 0.1) is 0 Å². The topological polar surface area (TPSA) is 175 Å².